The van der Waals surface area contributed by atoms with Gasteiger partial charge in [-0.15, -0.1) is 0 Å². The first-order valence-corrected chi connectivity index (χ1v) is 7.03. The fourth-order valence-electron chi connectivity index (χ4n) is 2.67. The second-order valence-corrected chi connectivity index (χ2v) is 5.45. The summed E-state index contributed by atoms with van der Waals surface area (Å²) < 4.78 is 0. The highest BCUT2D eigenvalue weighted by Gasteiger charge is 2.32. The van der Waals surface area contributed by atoms with Crippen LogP contribution in [0.5, 0.6) is 0 Å². The first-order chi connectivity index (χ1) is 9.47. The molecule has 0 radical (unpaired) electrons. The van der Waals surface area contributed by atoms with Gasteiger partial charge in [-0.05, 0) is 24.8 Å². The van der Waals surface area contributed by atoms with E-state index in [0.29, 0.717) is 13.0 Å². The number of rotatable bonds is 6. The Morgan fingerprint density at radius 2 is 1.70 bits per heavy atom. The zero-order chi connectivity index (χ0) is 15.0. The van der Waals surface area contributed by atoms with Crippen molar-refractivity contribution in [1.82, 2.24) is 10.6 Å². The van der Waals surface area contributed by atoms with E-state index in [1.807, 2.05) is 5.32 Å². The minimum atomic E-state index is -0.884. The van der Waals surface area contributed by atoms with Crippen molar-refractivity contribution in [1.29, 1.82) is 0 Å². The molecule has 0 aromatic heterocycles. The van der Waals surface area contributed by atoms with Crippen molar-refractivity contribution < 1.29 is 14.4 Å². The van der Waals surface area contributed by atoms with Crippen molar-refractivity contribution in [3.63, 3.8) is 0 Å². The zero-order valence-corrected chi connectivity index (χ0v) is 11.7. The second kappa shape index (κ2) is 7.84. The van der Waals surface area contributed by atoms with Crippen LogP contribution >= 0.6 is 0 Å². The molecule has 1 aliphatic rings. The number of imide groups is 1. The highest BCUT2D eigenvalue weighted by Crippen LogP contribution is 2.38. The lowest BCUT2D eigenvalue weighted by atomic mass is 9.71. The molecule has 1 rings (SSSR count). The molecule has 0 heterocycles. The van der Waals surface area contributed by atoms with Gasteiger partial charge in [0, 0.05) is 19.4 Å². The summed E-state index contributed by atoms with van der Waals surface area (Å²) in [5.74, 6) is -0.590. The molecular weight excluding hydrogens is 260 g/mol. The Hall–Kier alpha value is -1.63. The summed E-state index contributed by atoms with van der Waals surface area (Å²) in [6.45, 7) is 0.710. The number of nitrogens with two attached hydrogens (primary N) is 2. The number of hydrogen-bond acceptors (Lipinski definition) is 4. The fraction of sp³-hybridized carbons (Fsp3) is 0.769. The van der Waals surface area contributed by atoms with Crippen molar-refractivity contribution in [2.24, 2.45) is 16.9 Å². The van der Waals surface area contributed by atoms with E-state index >= 15 is 0 Å². The summed E-state index contributed by atoms with van der Waals surface area (Å²) in [7, 11) is 0. The second-order valence-electron chi connectivity index (χ2n) is 5.45. The molecule has 0 spiro atoms. The van der Waals surface area contributed by atoms with Gasteiger partial charge in [0.2, 0.25) is 11.8 Å². The largest absolute Gasteiger partial charge is 0.356 e. The molecule has 0 bridgehead atoms. The SMILES string of the molecule is NCC1(CC(=O)NCCC(=O)NC(N)=O)CCCCC1. The van der Waals surface area contributed by atoms with Crippen LogP contribution < -0.4 is 22.1 Å². The van der Waals surface area contributed by atoms with Crippen molar-refractivity contribution >= 4 is 17.8 Å². The number of primary amides is 1. The Kier molecular flexibility index (Phi) is 6.44. The summed E-state index contributed by atoms with van der Waals surface area (Å²) in [6, 6.07) is -0.884. The maximum Gasteiger partial charge on any atom is 0.318 e. The molecule has 0 aromatic carbocycles. The Labute approximate surface area is 118 Å². The molecule has 4 amide bonds. The van der Waals surface area contributed by atoms with E-state index in [4.69, 9.17) is 11.5 Å². The van der Waals surface area contributed by atoms with Gasteiger partial charge in [-0.2, -0.15) is 0 Å². The predicted octanol–water partition coefficient (Wildman–Crippen LogP) is -0.0131. The van der Waals surface area contributed by atoms with Gasteiger partial charge in [0.05, 0.1) is 0 Å². The zero-order valence-electron chi connectivity index (χ0n) is 11.7. The summed E-state index contributed by atoms with van der Waals surface area (Å²) in [5, 5.41) is 4.63. The standard InChI is InChI=1S/C13H24N4O3/c14-9-13(5-2-1-3-6-13)8-11(19)16-7-4-10(18)17-12(15)20/h1-9,14H2,(H,16,19)(H3,15,17,18,20). The third-order valence-electron chi connectivity index (χ3n) is 3.82. The quantitative estimate of drug-likeness (QED) is 0.547. The van der Waals surface area contributed by atoms with E-state index in [-0.39, 0.29) is 24.3 Å². The van der Waals surface area contributed by atoms with Gasteiger partial charge in [0.15, 0.2) is 0 Å². The predicted molar refractivity (Wildman–Crippen MR) is 74.5 cm³/mol. The molecule has 20 heavy (non-hydrogen) atoms. The Morgan fingerprint density at radius 1 is 1.05 bits per heavy atom. The van der Waals surface area contributed by atoms with Crippen LogP contribution in [0.3, 0.4) is 0 Å². The lowest BCUT2D eigenvalue weighted by Crippen LogP contribution is -2.40. The summed E-state index contributed by atoms with van der Waals surface area (Å²) in [4.78, 5) is 33.5. The maximum absolute atomic E-state index is 11.9. The summed E-state index contributed by atoms with van der Waals surface area (Å²) >= 11 is 0. The molecular formula is C13H24N4O3. The van der Waals surface area contributed by atoms with Crippen LogP contribution in [0.4, 0.5) is 4.79 Å². The van der Waals surface area contributed by atoms with E-state index < -0.39 is 11.9 Å². The van der Waals surface area contributed by atoms with Crippen LogP contribution in [0.15, 0.2) is 0 Å². The Bertz CT molecular complexity index is 365. The van der Waals surface area contributed by atoms with Crippen molar-refractivity contribution in [2.45, 2.75) is 44.9 Å². The summed E-state index contributed by atoms with van der Waals surface area (Å²) in [5.41, 5.74) is 10.5. The van der Waals surface area contributed by atoms with Crippen LogP contribution in [-0.2, 0) is 9.59 Å². The Balaban J connectivity index is 2.28. The molecule has 1 aliphatic carbocycles. The molecule has 0 saturated heterocycles. The average Bonchev–Trinajstić information content (AvgIpc) is 2.38. The normalized spacial score (nSPS) is 17.2. The van der Waals surface area contributed by atoms with Crippen molar-refractivity contribution in [2.75, 3.05) is 13.1 Å². The van der Waals surface area contributed by atoms with Gasteiger partial charge in [0.25, 0.3) is 0 Å². The first kappa shape index (κ1) is 16.4. The van der Waals surface area contributed by atoms with E-state index in [9.17, 15) is 14.4 Å². The topological polar surface area (TPSA) is 127 Å². The molecule has 6 N–H and O–H groups in total. The number of urea groups is 1. The minimum Gasteiger partial charge on any atom is -0.356 e. The van der Waals surface area contributed by atoms with E-state index in [1.165, 1.54) is 6.42 Å². The van der Waals surface area contributed by atoms with Gasteiger partial charge in [-0.25, -0.2) is 4.79 Å². The molecule has 0 unspecified atom stereocenters. The number of carbonyl (C=O) groups is 3. The number of amides is 4. The van der Waals surface area contributed by atoms with E-state index in [2.05, 4.69) is 5.32 Å². The van der Waals surface area contributed by atoms with Gasteiger partial charge >= 0.3 is 6.03 Å². The van der Waals surface area contributed by atoms with Gasteiger partial charge in [0.1, 0.15) is 0 Å². The first-order valence-electron chi connectivity index (χ1n) is 7.03. The van der Waals surface area contributed by atoms with Crippen LogP contribution in [-0.4, -0.2) is 30.9 Å². The lowest BCUT2D eigenvalue weighted by molar-refractivity contribution is -0.124. The highest BCUT2D eigenvalue weighted by molar-refractivity contribution is 5.93. The molecule has 1 saturated carbocycles. The van der Waals surface area contributed by atoms with E-state index in [1.54, 1.807) is 0 Å². The highest BCUT2D eigenvalue weighted by atomic mass is 16.2. The monoisotopic (exact) mass is 284 g/mol. The molecule has 0 aromatic rings. The number of nitrogens with one attached hydrogen (secondary N) is 2. The van der Waals surface area contributed by atoms with Gasteiger partial charge in [-0.1, -0.05) is 19.3 Å². The van der Waals surface area contributed by atoms with Crippen LogP contribution in [0.25, 0.3) is 0 Å². The van der Waals surface area contributed by atoms with Gasteiger partial charge < -0.3 is 16.8 Å². The van der Waals surface area contributed by atoms with Crippen LogP contribution in [0, 0.1) is 5.41 Å². The van der Waals surface area contributed by atoms with Crippen LogP contribution in [0.1, 0.15) is 44.9 Å². The lowest BCUT2D eigenvalue weighted by Gasteiger charge is -2.35. The minimum absolute atomic E-state index is 0.0320. The van der Waals surface area contributed by atoms with Crippen LogP contribution in [0.2, 0.25) is 0 Å². The average molecular weight is 284 g/mol. The number of hydrogen-bond donors (Lipinski definition) is 4. The van der Waals surface area contributed by atoms with Crippen molar-refractivity contribution in [3.8, 4) is 0 Å². The maximum atomic E-state index is 11.9. The summed E-state index contributed by atoms with van der Waals surface area (Å²) in [6.07, 6.45) is 5.84. The Morgan fingerprint density at radius 3 is 2.25 bits per heavy atom. The third-order valence-corrected chi connectivity index (χ3v) is 3.82. The molecule has 114 valence electrons. The van der Waals surface area contributed by atoms with E-state index in [0.717, 1.165) is 25.7 Å². The number of carbonyl (C=O) groups excluding carboxylic acids is 3. The molecule has 0 atom stereocenters. The molecule has 1 fully saturated rings. The molecule has 7 heteroatoms. The third kappa shape index (κ3) is 5.56. The molecule has 7 nitrogen and oxygen atoms in total. The van der Waals surface area contributed by atoms with Gasteiger partial charge in [-0.3, -0.25) is 14.9 Å². The smallest absolute Gasteiger partial charge is 0.318 e. The fourth-order valence-corrected chi connectivity index (χ4v) is 2.67. The molecule has 0 aliphatic heterocycles. The van der Waals surface area contributed by atoms with Crippen molar-refractivity contribution in [3.05, 3.63) is 0 Å².